The molecule has 0 N–H and O–H groups in total. The lowest BCUT2D eigenvalue weighted by atomic mass is 9.89. The van der Waals surface area contributed by atoms with Crippen LogP contribution in [0.15, 0.2) is 18.3 Å². The van der Waals surface area contributed by atoms with E-state index in [1.54, 1.807) is 13.3 Å². The first-order valence-corrected chi connectivity index (χ1v) is 12.7. The predicted octanol–water partition coefficient (Wildman–Crippen LogP) is 1.92. The molecule has 1 aromatic heterocycles. The van der Waals surface area contributed by atoms with Gasteiger partial charge in [-0.25, -0.2) is 4.68 Å². The highest BCUT2D eigenvalue weighted by Gasteiger charge is 2.53. The van der Waals surface area contributed by atoms with Gasteiger partial charge in [0.15, 0.2) is 36.0 Å². The quantitative estimate of drug-likeness (QED) is 0.343. The van der Waals surface area contributed by atoms with Crippen molar-refractivity contribution in [1.29, 1.82) is 0 Å². The Morgan fingerprint density at radius 3 is 2.00 bits per heavy atom. The molecular formula is C27H32N2O11. The summed E-state index contributed by atoms with van der Waals surface area (Å²) in [6.45, 7) is 4.42. The van der Waals surface area contributed by atoms with Crippen molar-refractivity contribution in [2.24, 2.45) is 0 Å². The van der Waals surface area contributed by atoms with Crippen LogP contribution in [0.3, 0.4) is 0 Å². The molecule has 0 spiro atoms. The van der Waals surface area contributed by atoms with E-state index in [9.17, 15) is 19.2 Å². The minimum Gasteiger partial charge on any atom is -0.493 e. The number of nitrogens with zero attached hydrogens (tertiary/aromatic N) is 2. The van der Waals surface area contributed by atoms with E-state index < -0.39 is 54.5 Å². The first kappa shape index (κ1) is 28.9. The van der Waals surface area contributed by atoms with E-state index in [0.29, 0.717) is 30.0 Å². The monoisotopic (exact) mass is 560 g/mol. The molecule has 2 heterocycles. The number of methoxy groups -OCH3 is 2. The molecule has 0 radical (unpaired) electrons. The Hall–Kier alpha value is -4.13. The number of fused-ring (bicyclic) bond motifs is 3. The van der Waals surface area contributed by atoms with Crippen LogP contribution in [0.4, 0.5) is 0 Å². The van der Waals surface area contributed by atoms with Crippen LogP contribution in [0, 0.1) is 0 Å². The van der Waals surface area contributed by atoms with E-state index >= 15 is 0 Å². The molecule has 4 rings (SSSR count). The SMILES string of the molecule is COc1cc2c(cc1OC)-c1c(cnn1[C@@H]1O[C@H](COC(C)=O)[C@@H](OC(C)=O)[C@H](OC(C)=O)[C@@H]1OC(C)=O)CC2. The molecule has 2 aromatic rings. The summed E-state index contributed by atoms with van der Waals surface area (Å²) >= 11 is 0. The third-order valence-electron chi connectivity index (χ3n) is 6.61. The molecule has 0 bridgehead atoms. The molecule has 0 amide bonds. The number of aromatic nitrogens is 2. The third-order valence-corrected chi connectivity index (χ3v) is 6.61. The van der Waals surface area contributed by atoms with Gasteiger partial charge in [-0.3, -0.25) is 19.2 Å². The number of aryl methyl sites for hydroxylation is 2. The average Bonchev–Trinajstić information content (AvgIpc) is 3.32. The first-order valence-electron chi connectivity index (χ1n) is 12.7. The molecule has 0 saturated carbocycles. The maximum absolute atomic E-state index is 12.3. The van der Waals surface area contributed by atoms with Gasteiger partial charge in [0.05, 0.1) is 26.1 Å². The standard InChI is InChI=1S/C27H32N2O11/c1-13(30)36-12-22-24(37-14(2)31)25(38-15(3)32)26(39-16(4)33)27(40-22)29-23-18(11-28-29)8-7-17-9-20(34-5)21(35-6)10-19(17)23/h9-11,22,24-27H,7-8,12H2,1-6H3/t22-,24-,25+,26+,27-/m1/s1. The van der Waals surface area contributed by atoms with Gasteiger partial charge in [-0.2, -0.15) is 5.10 Å². The second-order valence-electron chi connectivity index (χ2n) is 9.42. The fraction of sp³-hybridized carbons (Fsp3) is 0.519. The Labute approximate surface area is 230 Å². The number of carbonyl (C=O) groups excluding carboxylic acids is 4. The van der Waals surface area contributed by atoms with Crippen LogP contribution >= 0.6 is 0 Å². The van der Waals surface area contributed by atoms with Gasteiger partial charge in [-0.15, -0.1) is 0 Å². The van der Waals surface area contributed by atoms with E-state index in [1.807, 2.05) is 12.1 Å². The summed E-state index contributed by atoms with van der Waals surface area (Å²) in [5, 5.41) is 4.58. The van der Waals surface area contributed by atoms with Gasteiger partial charge in [0.25, 0.3) is 0 Å². The average molecular weight is 561 g/mol. The van der Waals surface area contributed by atoms with Gasteiger partial charge in [0, 0.05) is 33.3 Å². The van der Waals surface area contributed by atoms with Crippen molar-refractivity contribution < 1.29 is 52.3 Å². The van der Waals surface area contributed by atoms with Crippen molar-refractivity contribution in [2.45, 2.75) is 71.2 Å². The van der Waals surface area contributed by atoms with E-state index in [0.717, 1.165) is 16.7 Å². The maximum Gasteiger partial charge on any atom is 0.303 e. The van der Waals surface area contributed by atoms with Crippen LogP contribution in [0.5, 0.6) is 11.5 Å². The maximum atomic E-state index is 12.3. The highest BCUT2D eigenvalue weighted by molar-refractivity contribution is 5.74. The Bertz CT molecular complexity index is 1300. The predicted molar refractivity (Wildman–Crippen MR) is 135 cm³/mol. The van der Waals surface area contributed by atoms with Crippen molar-refractivity contribution in [3.05, 3.63) is 29.5 Å². The van der Waals surface area contributed by atoms with E-state index in [2.05, 4.69) is 5.10 Å². The molecule has 40 heavy (non-hydrogen) atoms. The summed E-state index contributed by atoms with van der Waals surface area (Å²) in [7, 11) is 3.09. The summed E-state index contributed by atoms with van der Waals surface area (Å²) in [6, 6.07) is 3.72. The molecule has 1 aliphatic carbocycles. The molecule has 216 valence electrons. The molecule has 1 aliphatic heterocycles. The summed E-state index contributed by atoms with van der Waals surface area (Å²) in [5.41, 5.74) is 3.33. The summed E-state index contributed by atoms with van der Waals surface area (Å²) in [5.74, 6) is -1.63. The number of carbonyl (C=O) groups is 4. The zero-order valence-corrected chi connectivity index (χ0v) is 23.1. The minimum absolute atomic E-state index is 0.334. The van der Waals surface area contributed by atoms with Crippen LogP contribution in [-0.2, 0) is 55.7 Å². The van der Waals surface area contributed by atoms with Crippen molar-refractivity contribution in [3.63, 3.8) is 0 Å². The van der Waals surface area contributed by atoms with E-state index in [-0.39, 0.29) is 6.61 Å². The Morgan fingerprint density at radius 1 is 0.825 bits per heavy atom. The summed E-state index contributed by atoms with van der Waals surface area (Å²) in [4.78, 5) is 48.2. The topological polar surface area (TPSA) is 151 Å². The van der Waals surface area contributed by atoms with Crippen LogP contribution in [-0.4, -0.2) is 78.9 Å². The number of benzene rings is 1. The number of esters is 4. The normalized spacial score (nSPS) is 23.2. The fourth-order valence-corrected chi connectivity index (χ4v) is 5.09. The van der Waals surface area contributed by atoms with Crippen LogP contribution in [0.1, 0.15) is 45.0 Å². The molecule has 1 saturated heterocycles. The van der Waals surface area contributed by atoms with Gasteiger partial charge in [-0.05, 0) is 36.1 Å². The van der Waals surface area contributed by atoms with E-state index in [1.165, 1.54) is 39.5 Å². The van der Waals surface area contributed by atoms with Crippen LogP contribution in [0.2, 0.25) is 0 Å². The lowest BCUT2D eigenvalue weighted by Gasteiger charge is -2.44. The number of ether oxygens (including phenoxy) is 7. The summed E-state index contributed by atoms with van der Waals surface area (Å²) < 4.78 is 40.7. The molecule has 5 atom stereocenters. The van der Waals surface area contributed by atoms with Crippen LogP contribution < -0.4 is 9.47 Å². The lowest BCUT2D eigenvalue weighted by Crippen LogP contribution is -2.60. The zero-order valence-electron chi connectivity index (χ0n) is 23.1. The van der Waals surface area contributed by atoms with Gasteiger partial charge in [-0.1, -0.05) is 0 Å². The smallest absolute Gasteiger partial charge is 0.303 e. The van der Waals surface area contributed by atoms with E-state index in [4.69, 9.17) is 33.2 Å². The first-order chi connectivity index (χ1) is 19.0. The zero-order chi connectivity index (χ0) is 29.1. The highest BCUT2D eigenvalue weighted by atomic mass is 16.7. The largest absolute Gasteiger partial charge is 0.493 e. The van der Waals surface area contributed by atoms with Crippen molar-refractivity contribution in [3.8, 4) is 22.8 Å². The molecule has 13 nitrogen and oxygen atoms in total. The number of rotatable bonds is 8. The van der Waals surface area contributed by atoms with Crippen LogP contribution in [0.25, 0.3) is 11.3 Å². The molecule has 1 fully saturated rings. The summed E-state index contributed by atoms with van der Waals surface area (Å²) in [6.07, 6.45) is -3.05. The Balaban J connectivity index is 1.87. The van der Waals surface area contributed by atoms with Crippen molar-refractivity contribution in [2.75, 3.05) is 20.8 Å². The molecule has 0 unspecified atom stereocenters. The Morgan fingerprint density at radius 2 is 1.40 bits per heavy atom. The van der Waals surface area contributed by atoms with Crippen molar-refractivity contribution >= 4 is 23.9 Å². The van der Waals surface area contributed by atoms with Gasteiger partial charge in [0.2, 0.25) is 0 Å². The Kier molecular flexibility index (Phi) is 8.62. The number of hydrogen-bond donors (Lipinski definition) is 0. The third kappa shape index (κ3) is 5.88. The fourth-order valence-electron chi connectivity index (χ4n) is 5.09. The second-order valence-corrected chi connectivity index (χ2v) is 9.42. The van der Waals surface area contributed by atoms with Gasteiger partial charge >= 0.3 is 23.9 Å². The molecule has 13 heteroatoms. The minimum atomic E-state index is -1.31. The van der Waals surface area contributed by atoms with Crippen molar-refractivity contribution in [1.82, 2.24) is 9.78 Å². The molecular weight excluding hydrogens is 528 g/mol. The second kappa shape index (κ2) is 11.9. The highest BCUT2D eigenvalue weighted by Crippen LogP contribution is 2.43. The number of hydrogen-bond acceptors (Lipinski definition) is 12. The lowest BCUT2D eigenvalue weighted by molar-refractivity contribution is -0.270. The van der Waals surface area contributed by atoms with Gasteiger partial charge < -0.3 is 33.2 Å². The molecule has 1 aromatic carbocycles. The molecule has 2 aliphatic rings. The van der Waals surface area contributed by atoms with Gasteiger partial charge in [0.1, 0.15) is 12.7 Å².